The number of carbonyl (C=O) groups is 2. The third-order valence-corrected chi connectivity index (χ3v) is 4.94. The Kier molecular flexibility index (Phi) is 5.75. The Morgan fingerprint density at radius 1 is 1.15 bits per heavy atom. The van der Waals surface area contributed by atoms with Crippen molar-refractivity contribution in [1.29, 1.82) is 0 Å². The maximum atomic E-state index is 12.9. The van der Waals surface area contributed by atoms with Crippen LogP contribution in [0.4, 0.5) is 0 Å². The van der Waals surface area contributed by atoms with E-state index < -0.39 is 11.9 Å². The normalized spacial score (nSPS) is 19.4. The zero-order chi connectivity index (χ0) is 19.4. The lowest BCUT2D eigenvalue weighted by atomic mass is 9.73. The number of aryl methyl sites for hydroxylation is 1. The van der Waals surface area contributed by atoms with Gasteiger partial charge in [0.05, 0.1) is 13.7 Å². The first kappa shape index (κ1) is 18.9. The fourth-order valence-electron chi connectivity index (χ4n) is 3.59. The van der Waals surface area contributed by atoms with E-state index in [9.17, 15) is 9.59 Å². The maximum Gasteiger partial charge on any atom is 0.317 e. The number of carbonyl (C=O) groups excluding carboxylic acids is 2. The highest BCUT2D eigenvalue weighted by molar-refractivity contribution is 6.10. The topological polar surface area (TPSA) is 52.6 Å². The molecule has 140 valence electrons. The Balaban J connectivity index is 2.01. The molecule has 0 aliphatic heterocycles. The number of ketones is 1. The van der Waals surface area contributed by atoms with Gasteiger partial charge in [-0.15, -0.1) is 0 Å². The monoisotopic (exact) mass is 364 g/mol. The van der Waals surface area contributed by atoms with Gasteiger partial charge in [0.1, 0.15) is 11.7 Å². The number of allylic oxidation sites excluding steroid dienone is 2. The van der Waals surface area contributed by atoms with Crippen LogP contribution in [0, 0.1) is 12.8 Å². The lowest BCUT2D eigenvalue weighted by Crippen LogP contribution is -2.34. The van der Waals surface area contributed by atoms with Crippen LogP contribution >= 0.6 is 0 Å². The van der Waals surface area contributed by atoms with Gasteiger partial charge in [-0.25, -0.2) is 0 Å². The molecule has 1 aliphatic carbocycles. The van der Waals surface area contributed by atoms with Crippen LogP contribution in [0.25, 0.3) is 5.57 Å². The second-order valence-corrected chi connectivity index (χ2v) is 6.75. The maximum absolute atomic E-state index is 12.9. The number of ether oxygens (including phenoxy) is 2. The zero-order valence-corrected chi connectivity index (χ0v) is 15.9. The van der Waals surface area contributed by atoms with Gasteiger partial charge < -0.3 is 9.47 Å². The van der Waals surface area contributed by atoms with E-state index in [1.165, 1.54) is 0 Å². The molecule has 0 fully saturated rings. The summed E-state index contributed by atoms with van der Waals surface area (Å²) in [5, 5.41) is 0. The first-order valence-electron chi connectivity index (χ1n) is 9.15. The Labute approximate surface area is 159 Å². The van der Waals surface area contributed by atoms with E-state index in [2.05, 4.69) is 6.07 Å². The van der Waals surface area contributed by atoms with E-state index in [0.717, 1.165) is 28.0 Å². The number of rotatable bonds is 5. The molecule has 0 N–H and O–H groups in total. The molecule has 2 aromatic carbocycles. The van der Waals surface area contributed by atoms with Crippen molar-refractivity contribution in [2.45, 2.75) is 26.2 Å². The molecule has 0 bridgehead atoms. The predicted molar refractivity (Wildman–Crippen MR) is 105 cm³/mol. The predicted octanol–water partition coefficient (Wildman–Crippen LogP) is 4.32. The lowest BCUT2D eigenvalue weighted by Gasteiger charge is -2.29. The van der Waals surface area contributed by atoms with Crippen molar-refractivity contribution in [3.05, 3.63) is 71.3 Å². The van der Waals surface area contributed by atoms with Gasteiger partial charge in [0.15, 0.2) is 5.78 Å². The van der Waals surface area contributed by atoms with E-state index in [-0.39, 0.29) is 18.3 Å². The van der Waals surface area contributed by atoms with Crippen molar-refractivity contribution < 1.29 is 19.1 Å². The molecule has 4 heteroatoms. The summed E-state index contributed by atoms with van der Waals surface area (Å²) in [6.07, 6.45) is 2.21. The molecule has 3 rings (SSSR count). The van der Waals surface area contributed by atoms with Crippen LogP contribution in [0.5, 0.6) is 5.75 Å². The quantitative estimate of drug-likeness (QED) is 0.586. The third-order valence-electron chi connectivity index (χ3n) is 4.94. The molecule has 2 aromatic rings. The molecule has 0 saturated heterocycles. The van der Waals surface area contributed by atoms with Crippen LogP contribution in [0.15, 0.2) is 54.6 Å². The highest BCUT2D eigenvalue weighted by Gasteiger charge is 2.39. The van der Waals surface area contributed by atoms with Crippen LogP contribution in [0.3, 0.4) is 0 Å². The van der Waals surface area contributed by atoms with Crippen LogP contribution in [0.1, 0.15) is 36.0 Å². The Bertz CT molecular complexity index is 864. The van der Waals surface area contributed by atoms with E-state index >= 15 is 0 Å². The van der Waals surface area contributed by atoms with Crippen molar-refractivity contribution in [2.24, 2.45) is 5.92 Å². The van der Waals surface area contributed by atoms with Gasteiger partial charge in [-0.2, -0.15) is 0 Å². The van der Waals surface area contributed by atoms with Crippen LogP contribution in [0.2, 0.25) is 0 Å². The molecule has 2 atom stereocenters. The van der Waals surface area contributed by atoms with Gasteiger partial charge in [-0.05, 0) is 55.2 Å². The van der Waals surface area contributed by atoms with Crippen molar-refractivity contribution >= 4 is 17.3 Å². The van der Waals surface area contributed by atoms with Gasteiger partial charge in [0.2, 0.25) is 0 Å². The summed E-state index contributed by atoms with van der Waals surface area (Å²) in [6, 6.07) is 15.6. The first-order chi connectivity index (χ1) is 13.0. The Hall–Kier alpha value is -2.88. The Morgan fingerprint density at radius 2 is 1.89 bits per heavy atom. The van der Waals surface area contributed by atoms with E-state index in [4.69, 9.17) is 9.47 Å². The highest BCUT2D eigenvalue weighted by atomic mass is 16.5. The average molecular weight is 364 g/mol. The minimum Gasteiger partial charge on any atom is -0.497 e. The van der Waals surface area contributed by atoms with Crippen LogP contribution < -0.4 is 4.74 Å². The number of hydrogen-bond donors (Lipinski definition) is 0. The largest absolute Gasteiger partial charge is 0.497 e. The molecule has 1 aliphatic rings. The van der Waals surface area contributed by atoms with Crippen molar-refractivity contribution in [3.8, 4) is 5.75 Å². The number of hydrogen-bond acceptors (Lipinski definition) is 4. The van der Waals surface area contributed by atoms with Gasteiger partial charge in [-0.3, -0.25) is 9.59 Å². The van der Waals surface area contributed by atoms with Crippen molar-refractivity contribution in [1.82, 2.24) is 0 Å². The summed E-state index contributed by atoms with van der Waals surface area (Å²) < 4.78 is 10.4. The number of methoxy groups -OCH3 is 1. The molecule has 4 nitrogen and oxygen atoms in total. The molecule has 0 saturated carbocycles. The second-order valence-electron chi connectivity index (χ2n) is 6.75. The van der Waals surface area contributed by atoms with E-state index in [1.54, 1.807) is 20.1 Å². The minimum atomic E-state index is -0.813. The molecule has 0 aromatic heterocycles. The molecular weight excluding hydrogens is 340 g/mol. The van der Waals surface area contributed by atoms with Crippen LogP contribution in [-0.2, 0) is 14.3 Å². The lowest BCUT2D eigenvalue weighted by molar-refractivity contribution is -0.151. The fraction of sp³-hybridized carbons (Fsp3) is 0.304. The number of benzene rings is 2. The van der Waals surface area contributed by atoms with Gasteiger partial charge in [0, 0.05) is 5.92 Å². The molecule has 0 spiro atoms. The highest BCUT2D eigenvalue weighted by Crippen LogP contribution is 2.40. The second kappa shape index (κ2) is 8.21. The van der Waals surface area contributed by atoms with Gasteiger partial charge in [0.25, 0.3) is 0 Å². The molecular formula is C23H24O4. The van der Waals surface area contributed by atoms with Crippen molar-refractivity contribution in [2.75, 3.05) is 13.7 Å². The molecule has 27 heavy (non-hydrogen) atoms. The summed E-state index contributed by atoms with van der Waals surface area (Å²) in [6.45, 7) is 4.03. The number of esters is 1. The van der Waals surface area contributed by atoms with Gasteiger partial charge >= 0.3 is 5.97 Å². The Morgan fingerprint density at radius 3 is 2.52 bits per heavy atom. The molecule has 0 unspecified atom stereocenters. The first-order valence-corrected chi connectivity index (χ1v) is 9.15. The summed E-state index contributed by atoms with van der Waals surface area (Å²) in [4.78, 5) is 25.4. The summed E-state index contributed by atoms with van der Waals surface area (Å²) in [5.74, 6) is -0.988. The summed E-state index contributed by atoms with van der Waals surface area (Å²) >= 11 is 0. The SMILES string of the molecule is CCOC(=O)[C@@H]1C(=O)C=C(c2cccc(C)c2)C[C@@H]1c1ccc(OC)cc1. The molecule has 0 amide bonds. The molecule has 0 radical (unpaired) electrons. The standard InChI is InChI=1S/C23H24O4/c1-4-27-23(25)22-20(16-8-10-19(26-3)11-9-16)13-18(14-21(22)24)17-7-5-6-15(2)12-17/h5-12,14,20,22H,4,13H2,1-3H3/t20-,22+/m1/s1. The summed E-state index contributed by atoms with van der Waals surface area (Å²) in [7, 11) is 1.61. The molecule has 0 heterocycles. The van der Waals surface area contributed by atoms with E-state index in [0.29, 0.717) is 6.42 Å². The van der Waals surface area contributed by atoms with Crippen molar-refractivity contribution in [3.63, 3.8) is 0 Å². The smallest absolute Gasteiger partial charge is 0.317 e. The van der Waals surface area contributed by atoms with Crippen LogP contribution in [-0.4, -0.2) is 25.5 Å². The zero-order valence-electron chi connectivity index (χ0n) is 15.9. The summed E-state index contributed by atoms with van der Waals surface area (Å²) in [5.41, 5.74) is 4.03. The fourth-order valence-corrected chi connectivity index (χ4v) is 3.59. The average Bonchev–Trinajstić information content (AvgIpc) is 2.67. The third kappa shape index (κ3) is 4.11. The minimum absolute atomic E-state index is 0.197. The van der Waals surface area contributed by atoms with E-state index in [1.807, 2.05) is 49.4 Å². The van der Waals surface area contributed by atoms with Gasteiger partial charge in [-0.1, -0.05) is 42.0 Å².